The summed E-state index contributed by atoms with van der Waals surface area (Å²) in [7, 11) is 0. The maximum absolute atomic E-state index is 11.8. The zero-order chi connectivity index (χ0) is 13.5. The number of nitrogens with two attached hydrogens (primary N) is 1. The average Bonchev–Trinajstić information content (AvgIpc) is 2.33. The molecule has 0 bridgehead atoms. The van der Waals surface area contributed by atoms with Gasteiger partial charge >= 0.3 is 0 Å². The van der Waals surface area contributed by atoms with Gasteiger partial charge in [-0.25, -0.2) is 0 Å². The van der Waals surface area contributed by atoms with Crippen LogP contribution >= 0.6 is 11.6 Å². The molecule has 0 saturated carbocycles. The lowest BCUT2D eigenvalue weighted by molar-refractivity contribution is -0.119. The summed E-state index contributed by atoms with van der Waals surface area (Å²) in [5.41, 5.74) is 6.08. The largest absolute Gasteiger partial charge is 0.492 e. The van der Waals surface area contributed by atoms with Crippen LogP contribution in [0.4, 0.5) is 5.69 Å². The van der Waals surface area contributed by atoms with E-state index >= 15 is 0 Å². The number of carbonyl (C=O) groups is 1. The van der Waals surface area contributed by atoms with Crippen LogP contribution in [0, 0.1) is 5.92 Å². The molecule has 0 heterocycles. The third kappa shape index (κ3) is 4.20. The molecular formula is C13H19ClN2O2. The number of hydrogen-bond acceptors (Lipinski definition) is 3. The van der Waals surface area contributed by atoms with E-state index in [4.69, 9.17) is 22.1 Å². The van der Waals surface area contributed by atoms with Gasteiger partial charge in [-0.15, -0.1) is 0 Å². The molecule has 0 aliphatic carbocycles. The predicted molar refractivity (Wildman–Crippen MR) is 74.1 cm³/mol. The van der Waals surface area contributed by atoms with Crippen LogP contribution in [0.1, 0.15) is 20.3 Å². The Morgan fingerprint density at radius 2 is 2.28 bits per heavy atom. The molecule has 3 N–H and O–H groups in total. The van der Waals surface area contributed by atoms with Crippen molar-refractivity contribution in [3.8, 4) is 5.75 Å². The summed E-state index contributed by atoms with van der Waals surface area (Å²) >= 11 is 6.04. The summed E-state index contributed by atoms with van der Waals surface area (Å²) < 4.78 is 5.32. The second kappa shape index (κ2) is 7.24. The minimum atomic E-state index is -0.111. The van der Waals surface area contributed by atoms with E-state index in [9.17, 15) is 4.79 Å². The van der Waals surface area contributed by atoms with E-state index in [1.807, 2.05) is 13.8 Å². The Hall–Kier alpha value is -1.26. The van der Waals surface area contributed by atoms with Crippen molar-refractivity contribution in [3.63, 3.8) is 0 Å². The number of ether oxygens (including phenoxy) is 1. The van der Waals surface area contributed by atoms with Crippen molar-refractivity contribution in [2.75, 3.05) is 18.5 Å². The van der Waals surface area contributed by atoms with Crippen LogP contribution in [0.25, 0.3) is 0 Å². The van der Waals surface area contributed by atoms with E-state index in [1.165, 1.54) is 0 Å². The van der Waals surface area contributed by atoms with E-state index in [0.717, 1.165) is 0 Å². The first-order valence-electron chi connectivity index (χ1n) is 6.01. The van der Waals surface area contributed by atoms with E-state index in [-0.39, 0.29) is 11.8 Å². The van der Waals surface area contributed by atoms with Gasteiger partial charge in [0.15, 0.2) is 0 Å². The molecule has 1 atom stereocenters. The first-order valence-corrected chi connectivity index (χ1v) is 6.39. The van der Waals surface area contributed by atoms with Crippen LogP contribution in [0.5, 0.6) is 5.75 Å². The van der Waals surface area contributed by atoms with Crippen LogP contribution in [0.15, 0.2) is 18.2 Å². The van der Waals surface area contributed by atoms with Crippen molar-refractivity contribution in [1.82, 2.24) is 0 Å². The molecule has 0 aliphatic heterocycles. The van der Waals surface area contributed by atoms with Gasteiger partial charge in [-0.05, 0) is 38.1 Å². The van der Waals surface area contributed by atoms with Gasteiger partial charge in [-0.3, -0.25) is 4.79 Å². The summed E-state index contributed by atoms with van der Waals surface area (Å²) in [5, 5.41) is 3.29. The Morgan fingerprint density at radius 3 is 2.83 bits per heavy atom. The van der Waals surface area contributed by atoms with Crippen molar-refractivity contribution in [2.45, 2.75) is 20.3 Å². The third-order valence-corrected chi connectivity index (χ3v) is 2.84. The summed E-state index contributed by atoms with van der Waals surface area (Å²) in [6, 6.07) is 5.19. The lowest BCUT2D eigenvalue weighted by Crippen LogP contribution is -2.22. The molecule has 0 aromatic heterocycles. The number of amides is 1. The fraction of sp³-hybridized carbons (Fsp3) is 0.462. The molecule has 1 aromatic rings. The van der Waals surface area contributed by atoms with Crippen LogP contribution in [-0.2, 0) is 4.79 Å². The Labute approximate surface area is 112 Å². The highest BCUT2D eigenvalue weighted by Gasteiger charge is 2.12. The van der Waals surface area contributed by atoms with Crippen molar-refractivity contribution in [3.05, 3.63) is 23.2 Å². The number of halogens is 1. The van der Waals surface area contributed by atoms with Gasteiger partial charge in [0.1, 0.15) is 5.75 Å². The number of carbonyl (C=O) groups excluding carboxylic acids is 1. The fourth-order valence-corrected chi connectivity index (χ4v) is 1.73. The number of hydrogen-bond donors (Lipinski definition) is 2. The highest BCUT2D eigenvalue weighted by molar-refractivity contribution is 6.32. The minimum Gasteiger partial charge on any atom is -0.492 e. The maximum Gasteiger partial charge on any atom is 0.227 e. The van der Waals surface area contributed by atoms with Crippen LogP contribution in [0.3, 0.4) is 0 Å². The van der Waals surface area contributed by atoms with Gasteiger partial charge in [0.2, 0.25) is 5.91 Å². The normalized spacial score (nSPS) is 12.0. The Bertz CT molecular complexity index is 410. The number of rotatable bonds is 6. The molecule has 0 aliphatic rings. The quantitative estimate of drug-likeness (QED) is 0.835. The maximum atomic E-state index is 11.8. The topological polar surface area (TPSA) is 64.3 Å². The van der Waals surface area contributed by atoms with Crippen molar-refractivity contribution < 1.29 is 9.53 Å². The number of anilines is 1. The minimum absolute atomic E-state index is 0.0549. The van der Waals surface area contributed by atoms with E-state index in [0.29, 0.717) is 36.0 Å². The van der Waals surface area contributed by atoms with E-state index in [2.05, 4.69) is 5.32 Å². The lowest BCUT2D eigenvalue weighted by Gasteiger charge is -2.12. The summed E-state index contributed by atoms with van der Waals surface area (Å²) in [6.45, 7) is 4.79. The molecule has 1 aromatic carbocycles. The van der Waals surface area contributed by atoms with Crippen LogP contribution < -0.4 is 15.8 Å². The van der Waals surface area contributed by atoms with Crippen molar-refractivity contribution in [1.29, 1.82) is 0 Å². The first kappa shape index (κ1) is 14.8. The van der Waals surface area contributed by atoms with Gasteiger partial charge < -0.3 is 15.8 Å². The zero-order valence-corrected chi connectivity index (χ0v) is 11.5. The van der Waals surface area contributed by atoms with Crippen molar-refractivity contribution in [2.24, 2.45) is 11.7 Å². The molecule has 100 valence electrons. The van der Waals surface area contributed by atoms with Gasteiger partial charge in [-0.1, -0.05) is 18.5 Å². The molecule has 0 fully saturated rings. The Balaban J connectivity index is 2.68. The smallest absolute Gasteiger partial charge is 0.227 e. The summed E-state index contributed by atoms with van der Waals surface area (Å²) in [4.78, 5) is 11.8. The molecule has 4 nitrogen and oxygen atoms in total. The highest BCUT2D eigenvalue weighted by Crippen LogP contribution is 2.27. The first-order chi connectivity index (χ1) is 8.58. The van der Waals surface area contributed by atoms with Gasteiger partial charge in [0.05, 0.1) is 11.6 Å². The molecule has 0 spiro atoms. The zero-order valence-electron chi connectivity index (χ0n) is 10.7. The van der Waals surface area contributed by atoms with Crippen LogP contribution in [0.2, 0.25) is 5.02 Å². The van der Waals surface area contributed by atoms with Crippen molar-refractivity contribution >= 4 is 23.2 Å². The molecule has 1 unspecified atom stereocenters. The fourth-order valence-electron chi connectivity index (χ4n) is 1.50. The summed E-state index contributed by atoms with van der Waals surface area (Å²) in [5.74, 6) is 0.452. The highest BCUT2D eigenvalue weighted by atomic mass is 35.5. The SMILES string of the molecule is CCOc1ccc(NC(=O)C(C)CCN)cc1Cl. The predicted octanol–water partition coefficient (Wildman–Crippen LogP) is 2.66. The number of nitrogens with one attached hydrogen (secondary N) is 1. The second-order valence-corrected chi connectivity index (χ2v) is 4.45. The lowest BCUT2D eigenvalue weighted by atomic mass is 10.1. The summed E-state index contributed by atoms with van der Waals surface area (Å²) in [6.07, 6.45) is 0.663. The third-order valence-electron chi connectivity index (χ3n) is 2.55. The molecule has 0 saturated heterocycles. The second-order valence-electron chi connectivity index (χ2n) is 4.05. The monoisotopic (exact) mass is 270 g/mol. The standard InChI is InChI=1S/C13H19ClN2O2/c1-3-18-12-5-4-10(8-11(12)14)16-13(17)9(2)6-7-15/h4-5,8-9H,3,6-7,15H2,1-2H3,(H,16,17). The Morgan fingerprint density at radius 1 is 1.56 bits per heavy atom. The molecule has 1 amide bonds. The van der Waals surface area contributed by atoms with Gasteiger partial charge in [-0.2, -0.15) is 0 Å². The van der Waals surface area contributed by atoms with E-state index in [1.54, 1.807) is 18.2 Å². The van der Waals surface area contributed by atoms with Gasteiger partial charge in [0.25, 0.3) is 0 Å². The average molecular weight is 271 g/mol. The molecule has 18 heavy (non-hydrogen) atoms. The molecular weight excluding hydrogens is 252 g/mol. The number of benzene rings is 1. The molecule has 5 heteroatoms. The Kier molecular flexibility index (Phi) is 5.95. The van der Waals surface area contributed by atoms with Crippen LogP contribution in [-0.4, -0.2) is 19.1 Å². The molecule has 1 rings (SSSR count). The van der Waals surface area contributed by atoms with Gasteiger partial charge in [0, 0.05) is 11.6 Å². The molecule has 0 radical (unpaired) electrons. The van der Waals surface area contributed by atoms with E-state index < -0.39 is 0 Å².